The van der Waals surface area contributed by atoms with Crippen LogP contribution in [0.3, 0.4) is 0 Å². The summed E-state index contributed by atoms with van der Waals surface area (Å²) in [6.07, 6.45) is 1.45. The highest BCUT2D eigenvalue weighted by atomic mass is 32.2. The minimum atomic E-state index is -3.09. The van der Waals surface area contributed by atoms with Crippen LogP contribution in [-0.4, -0.2) is 30.4 Å². The second kappa shape index (κ2) is 7.35. The summed E-state index contributed by atoms with van der Waals surface area (Å²) in [6.45, 7) is -3.09. The first-order valence-corrected chi connectivity index (χ1v) is 7.23. The minimum Gasteiger partial charge on any atom is -0.469 e. The molecule has 118 valence electrons. The van der Waals surface area contributed by atoms with Crippen molar-refractivity contribution in [1.82, 2.24) is 4.98 Å². The zero-order valence-corrected chi connectivity index (χ0v) is 12.3. The van der Waals surface area contributed by atoms with Crippen LogP contribution in [0.25, 0.3) is 10.8 Å². The lowest BCUT2D eigenvalue weighted by Crippen LogP contribution is -2.05. The van der Waals surface area contributed by atoms with Crippen molar-refractivity contribution in [2.45, 2.75) is 17.9 Å². The molecule has 0 saturated carbocycles. The predicted octanol–water partition coefficient (Wildman–Crippen LogP) is 3.63. The summed E-state index contributed by atoms with van der Waals surface area (Å²) in [5, 5.41) is 0.298. The fourth-order valence-corrected chi connectivity index (χ4v) is 2.83. The summed E-state index contributed by atoms with van der Waals surface area (Å²) >= 11 is 1.29. The van der Waals surface area contributed by atoms with Crippen LogP contribution in [0.2, 0.25) is 0 Å². The van der Waals surface area contributed by atoms with Crippen LogP contribution in [0.5, 0.6) is 5.88 Å². The molecule has 0 fully saturated rings. The third kappa shape index (κ3) is 3.82. The molecular weight excluding hydrogens is 319 g/mol. The van der Waals surface area contributed by atoms with Gasteiger partial charge in [-0.25, -0.2) is 9.37 Å². The number of alkyl halides is 2. The van der Waals surface area contributed by atoms with E-state index in [2.05, 4.69) is 14.5 Å². The summed E-state index contributed by atoms with van der Waals surface area (Å²) in [5.41, 5.74) is 0. The Morgan fingerprint density at radius 3 is 2.82 bits per heavy atom. The number of benzene rings is 1. The quantitative estimate of drug-likeness (QED) is 0.597. The highest BCUT2D eigenvalue weighted by Crippen LogP contribution is 2.34. The molecule has 0 amide bonds. The van der Waals surface area contributed by atoms with Gasteiger partial charge in [-0.1, -0.05) is 0 Å². The number of rotatable bonds is 6. The SMILES string of the molecule is COC(=O)CCSc1ccc(F)c2c(OC(F)F)nccc12. The normalized spacial score (nSPS) is 11.0. The Kier molecular flexibility index (Phi) is 5.48. The third-order valence-electron chi connectivity index (χ3n) is 2.79. The van der Waals surface area contributed by atoms with Gasteiger partial charge in [0, 0.05) is 22.2 Å². The summed E-state index contributed by atoms with van der Waals surface area (Å²) < 4.78 is 47.5. The molecule has 0 atom stereocenters. The zero-order valence-electron chi connectivity index (χ0n) is 11.5. The number of thioether (sulfide) groups is 1. The van der Waals surface area contributed by atoms with Crippen molar-refractivity contribution >= 4 is 28.5 Å². The number of carbonyl (C=O) groups excluding carboxylic acids is 1. The molecule has 0 aliphatic heterocycles. The highest BCUT2D eigenvalue weighted by molar-refractivity contribution is 7.99. The summed E-state index contributed by atoms with van der Waals surface area (Å²) in [6, 6.07) is 4.19. The lowest BCUT2D eigenvalue weighted by molar-refractivity contribution is -0.140. The Morgan fingerprint density at radius 1 is 1.36 bits per heavy atom. The summed E-state index contributed by atoms with van der Waals surface area (Å²) in [5.74, 6) is -1.10. The van der Waals surface area contributed by atoms with Crippen LogP contribution in [-0.2, 0) is 9.53 Å². The van der Waals surface area contributed by atoms with Crippen molar-refractivity contribution in [2.75, 3.05) is 12.9 Å². The van der Waals surface area contributed by atoms with Crippen molar-refractivity contribution in [2.24, 2.45) is 0 Å². The number of hydrogen-bond acceptors (Lipinski definition) is 5. The van der Waals surface area contributed by atoms with Gasteiger partial charge in [0.2, 0.25) is 5.88 Å². The Morgan fingerprint density at radius 2 is 2.14 bits per heavy atom. The van der Waals surface area contributed by atoms with Gasteiger partial charge in [0.05, 0.1) is 18.9 Å². The second-order valence-corrected chi connectivity index (χ2v) is 5.27. The van der Waals surface area contributed by atoms with E-state index in [1.165, 1.54) is 37.2 Å². The van der Waals surface area contributed by atoms with Gasteiger partial charge in [-0.15, -0.1) is 11.8 Å². The van der Waals surface area contributed by atoms with E-state index < -0.39 is 18.3 Å². The van der Waals surface area contributed by atoms with Crippen molar-refractivity contribution in [3.05, 3.63) is 30.2 Å². The molecule has 0 bridgehead atoms. The molecule has 0 saturated heterocycles. The summed E-state index contributed by atoms with van der Waals surface area (Å²) in [7, 11) is 1.29. The highest BCUT2D eigenvalue weighted by Gasteiger charge is 2.16. The van der Waals surface area contributed by atoms with E-state index >= 15 is 0 Å². The maximum atomic E-state index is 13.9. The smallest absolute Gasteiger partial charge is 0.388 e. The van der Waals surface area contributed by atoms with E-state index in [9.17, 15) is 18.0 Å². The Labute approximate surface area is 128 Å². The van der Waals surface area contributed by atoms with Gasteiger partial charge >= 0.3 is 12.6 Å². The van der Waals surface area contributed by atoms with Crippen LogP contribution < -0.4 is 4.74 Å². The Bertz CT molecular complexity index is 682. The number of pyridine rings is 1. The first-order chi connectivity index (χ1) is 10.5. The van der Waals surface area contributed by atoms with Gasteiger partial charge < -0.3 is 9.47 Å². The number of aromatic nitrogens is 1. The molecule has 2 aromatic rings. The van der Waals surface area contributed by atoms with E-state index in [-0.39, 0.29) is 17.8 Å². The first kappa shape index (κ1) is 16.4. The number of fused-ring (bicyclic) bond motifs is 1. The second-order valence-electron chi connectivity index (χ2n) is 4.14. The van der Waals surface area contributed by atoms with Gasteiger partial charge in [-0.2, -0.15) is 8.78 Å². The maximum Gasteiger partial charge on any atom is 0.388 e. The molecule has 0 radical (unpaired) electrons. The number of nitrogens with zero attached hydrogens (tertiary/aromatic N) is 1. The molecule has 8 heteroatoms. The van der Waals surface area contributed by atoms with Gasteiger partial charge in [0.25, 0.3) is 0 Å². The fraction of sp³-hybridized carbons (Fsp3) is 0.286. The molecule has 4 nitrogen and oxygen atoms in total. The number of ether oxygens (including phenoxy) is 2. The number of halogens is 3. The molecule has 2 rings (SSSR count). The van der Waals surface area contributed by atoms with Crippen LogP contribution in [0.1, 0.15) is 6.42 Å². The van der Waals surface area contributed by atoms with Gasteiger partial charge in [-0.3, -0.25) is 4.79 Å². The standard InChI is InChI=1S/C14H12F3NO3S/c1-20-11(19)5-7-22-10-3-2-9(15)12-8(10)4-6-18-13(12)21-14(16)17/h2-4,6,14H,5,7H2,1H3. The average molecular weight is 331 g/mol. The first-order valence-electron chi connectivity index (χ1n) is 6.24. The predicted molar refractivity (Wildman–Crippen MR) is 75.7 cm³/mol. The van der Waals surface area contributed by atoms with Gasteiger partial charge in [0.15, 0.2) is 0 Å². The molecule has 0 N–H and O–H groups in total. The van der Waals surface area contributed by atoms with Crippen LogP contribution in [0.15, 0.2) is 29.3 Å². The van der Waals surface area contributed by atoms with E-state index in [1.54, 1.807) is 0 Å². The topological polar surface area (TPSA) is 48.4 Å². The molecule has 0 spiro atoms. The lowest BCUT2D eigenvalue weighted by Gasteiger charge is -2.10. The van der Waals surface area contributed by atoms with Crippen molar-refractivity contribution < 1.29 is 27.4 Å². The van der Waals surface area contributed by atoms with E-state index in [0.717, 1.165) is 6.07 Å². The van der Waals surface area contributed by atoms with Crippen LogP contribution >= 0.6 is 11.8 Å². The van der Waals surface area contributed by atoms with Gasteiger partial charge in [-0.05, 0) is 18.2 Å². The van der Waals surface area contributed by atoms with Crippen molar-refractivity contribution in [3.63, 3.8) is 0 Å². The number of hydrogen-bond donors (Lipinski definition) is 0. The lowest BCUT2D eigenvalue weighted by atomic mass is 10.1. The Hall–Kier alpha value is -1.96. The molecule has 0 aliphatic carbocycles. The molecule has 1 heterocycles. The van der Waals surface area contributed by atoms with Gasteiger partial charge in [0.1, 0.15) is 5.82 Å². The minimum absolute atomic E-state index is 0.106. The van der Waals surface area contributed by atoms with E-state index in [0.29, 0.717) is 16.0 Å². The monoisotopic (exact) mass is 331 g/mol. The molecule has 0 aliphatic rings. The Balaban J connectivity index is 2.32. The summed E-state index contributed by atoms with van der Waals surface area (Å²) in [4.78, 5) is 15.4. The van der Waals surface area contributed by atoms with Crippen molar-refractivity contribution in [1.29, 1.82) is 0 Å². The molecule has 1 aromatic heterocycles. The largest absolute Gasteiger partial charge is 0.469 e. The fourth-order valence-electron chi connectivity index (χ4n) is 1.85. The average Bonchev–Trinajstić information content (AvgIpc) is 2.49. The molecule has 0 unspecified atom stereocenters. The third-order valence-corrected chi connectivity index (χ3v) is 3.87. The molecule has 1 aromatic carbocycles. The van der Waals surface area contributed by atoms with Crippen molar-refractivity contribution in [3.8, 4) is 5.88 Å². The molecular formula is C14H12F3NO3S. The number of carbonyl (C=O) groups is 1. The van der Waals surface area contributed by atoms with E-state index in [1.807, 2.05) is 0 Å². The van der Waals surface area contributed by atoms with Crippen LogP contribution in [0, 0.1) is 5.82 Å². The zero-order chi connectivity index (χ0) is 16.1. The maximum absolute atomic E-state index is 13.9. The number of methoxy groups -OCH3 is 1. The van der Waals surface area contributed by atoms with Crippen LogP contribution in [0.4, 0.5) is 13.2 Å². The van der Waals surface area contributed by atoms with E-state index in [4.69, 9.17) is 0 Å². The molecule has 22 heavy (non-hydrogen) atoms. The number of esters is 1.